The van der Waals surface area contributed by atoms with Crippen LogP contribution in [0.4, 0.5) is 0 Å². The van der Waals surface area contributed by atoms with Gasteiger partial charge < -0.3 is 9.80 Å². The van der Waals surface area contributed by atoms with E-state index in [0.29, 0.717) is 23.7 Å². The first-order valence-electron chi connectivity index (χ1n) is 9.95. The first-order valence-corrected chi connectivity index (χ1v) is 10.3. The van der Waals surface area contributed by atoms with Gasteiger partial charge in [-0.2, -0.15) is 0 Å². The highest BCUT2D eigenvalue weighted by Crippen LogP contribution is 2.36. The van der Waals surface area contributed by atoms with Crippen molar-refractivity contribution in [2.24, 2.45) is 5.92 Å². The van der Waals surface area contributed by atoms with E-state index in [1.54, 1.807) is 24.3 Å². The van der Waals surface area contributed by atoms with Gasteiger partial charge in [0.05, 0.1) is 11.7 Å². The molecule has 1 aromatic rings. The Morgan fingerprint density at radius 3 is 2.33 bits per heavy atom. The fraction of sp³-hybridized carbons (Fsp3) is 0.619. The second-order valence-electron chi connectivity index (χ2n) is 8.16. The van der Waals surface area contributed by atoms with Crippen LogP contribution < -0.4 is 5.32 Å². The molecule has 2 saturated heterocycles. The summed E-state index contributed by atoms with van der Waals surface area (Å²) >= 11 is 5.93. The van der Waals surface area contributed by atoms with Crippen LogP contribution in [0.15, 0.2) is 24.3 Å². The minimum absolute atomic E-state index is 0.0290. The molecule has 2 amide bonds. The molecule has 2 aliphatic rings. The van der Waals surface area contributed by atoms with E-state index in [2.05, 4.69) is 37.9 Å². The summed E-state index contributed by atoms with van der Waals surface area (Å²) in [5.41, 5.74) is 0.322. The third-order valence-corrected chi connectivity index (χ3v) is 6.31. The second kappa shape index (κ2) is 7.80. The Labute approximate surface area is 167 Å². The lowest BCUT2D eigenvalue weighted by Crippen LogP contribution is -2.61. The van der Waals surface area contributed by atoms with E-state index in [1.165, 1.54) is 0 Å². The Balaban J connectivity index is 1.76. The van der Waals surface area contributed by atoms with Gasteiger partial charge in [0.2, 0.25) is 5.91 Å². The van der Waals surface area contributed by atoms with Crippen LogP contribution in [0.1, 0.15) is 57.3 Å². The number of nitrogens with zero attached hydrogens (tertiary/aromatic N) is 2. The van der Waals surface area contributed by atoms with Crippen LogP contribution in [0.2, 0.25) is 5.02 Å². The lowest BCUT2D eigenvalue weighted by Gasteiger charge is -2.46. The SMILES string of the molecule is CC[C@H](C)N1C(=O)[C@H](C(C)C)NC12CCN(C(=O)c1ccc(Cl)cc1)CC2. The number of carbonyl (C=O) groups is 2. The largest absolute Gasteiger partial charge is 0.338 e. The lowest BCUT2D eigenvalue weighted by molar-refractivity contribution is -0.136. The van der Waals surface area contributed by atoms with Crippen molar-refractivity contribution in [2.75, 3.05) is 13.1 Å². The Hall–Kier alpha value is -1.59. The molecule has 6 heteroatoms. The number of halogens is 1. The average Bonchev–Trinajstić information content (AvgIpc) is 2.94. The number of likely N-dealkylation sites (tertiary alicyclic amines) is 1. The number of amides is 2. The van der Waals surface area contributed by atoms with Crippen molar-refractivity contribution in [3.63, 3.8) is 0 Å². The van der Waals surface area contributed by atoms with Gasteiger partial charge in [-0.1, -0.05) is 32.4 Å². The molecule has 0 saturated carbocycles. The summed E-state index contributed by atoms with van der Waals surface area (Å²) < 4.78 is 0. The summed E-state index contributed by atoms with van der Waals surface area (Å²) in [4.78, 5) is 29.8. The molecule has 2 fully saturated rings. The van der Waals surface area contributed by atoms with Crippen LogP contribution in [-0.2, 0) is 4.79 Å². The smallest absolute Gasteiger partial charge is 0.253 e. The molecule has 148 valence electrons. The number of hydrogen-bond donors (Lipinski definition) is 1. The molecular weight excluding hydrogens is 362 g/mol. The van der Waals surface area contributed by atoms with Gasteiger partial charge in [0.1, 0.15) is 0 Å². The molecule has 1 aromatic carbocycles. The van der Waals surface area contributed by atoms with Gasteiger partial charge in [0.15, 0.2) is 0 Å². The van der Waals surface area contributed by atoms with Crippen LogP contribution in [0, 0.1) is 5.92 Å². The molecule has 0 unspecified atom stereocenters. The zero-order chi connectivity index (χ0) is 19.8. The maximum absolute atomic E-state index is 13.1. The second-order valence-corrected chi connectivity index (χ2v) is 8.60. The molecule has 0 aliphatic carbocycles. The van der Waals surface area contributed by atoms with E-state index < -0.39 is 0 Å². The van der Waals surface area contributed by atoms with E-state index >= 15 is 0 Å². The van der Waals surface area contributed by atoms with Crippen LogP contribution in [0.3, 0.4) is 0 Å². The summed E-state index contributed by atoms with van der Waals surface area (Å²) in [6.45, 7) is 9.69. The number of nitrogens with one attached hydrogen (secondary N) is 1. The van der Waals surface area contributed by atoms with Crippen molar-refractivity contribution in [1.82, 2.24) is 15.1 Å². The van der Waals surface area contributed by atoms with Crippen molar-refractivity contribution in [3.8, 4) is 0 Å². The molecule has 2 aliphatic heterocycles. The van der Waals surface area contributed by atoms with Gasteiger partial charge in [0, 0.05) is 42.6 Å². The Kier molecular flexibility index (Phi) is 5.82. The van der Waals surface area contributed by atoms with E-state index in [1.807, 2.05) is 4.90 Å². The van der Waals surface area contributed by atoms with Gasteiger partial charge in [-0.25, -0.2) is 0 Å². The van der Waals surface area contributed by atoms with Gasteiger partial charge in [-0.05, 0) is 43.5 Å². The highest BCUT2D eigenvalue weighted by molar-refractivity contribution is 6.30. The molecular formula is C21H30ClN3O2. The van der Waals surface area contributed by atoms with Crippen LogP contribution >= 0.6 is 11.6 Å². The fourth-order valence-electron chi connectivity index (χ4n) is 4.29. The maximum atomic E-state index is 13.1. The van der Waals surface area contributed by atoms with E-state index in [-0.39, 0.29) is 35.5 Å². The highest BCUT2D eigenvalue weighted by atomic mass is 35.5. The predicted octanol–water partition coefficient (Wildman–Crippen LogP) is 3.53. The Morgan fingerprint density at radius 1 is 1.22 bits per heavy atom. The first-order chi connectivity index (χ1) is 12.8. The van der Waals surface area contributed by atoms with Crippen LogP contribution in [0.25, 0.3) is 0 Å². The number of piperidine rings is 1. The Morgan fingerprint density at radius 2 is 1.81 bits per heavy atom. The third kappa shape index (κ3) is 3.72. The zero-order valence-electron chi connectivity index (χ0n) is 16.7. The average molecular weight is 392 g/mol. The fourth-order valence-corrected chi connectivity index (χ4v) is 4.42. The molecule has 0 aromatic heterocycles. The van der Waals surface area contributed by atoms with Gasteiger partial charge in [-0.15, -0.1) is 0 Å². The van der Waals surface area contributed by atoms with Crippen molar-refractivity contribution in [2.45, 2.75) is 64.7 Å². The van der Waals surface area contributed by atoms with Crippen molar-refractivity contribution < 1.29 is 9.59 Å². The maximum Gasteiger partial charge on any atom is 0.253 e. The van der Waals surface area contributed by atoms with E-state index in [4.69, 9.17) is 11.6 Å². The predicted molar refractivity (Wildman–Crippen MR) is 108 cm³/mol. The third-order valence-electron chi connectivity index (χ3n) is 6.06. The van der Waals surface area contributed by atoms with Gasteiger partial charge in [-0.3, -0.25) is 14.9 Å². The summed E-state index contributed by atoms with van der Waals surface area (Å²) in [6.07, 6.45) is 2.44. The molecule has 0 radical (unpaired) electrons. The summed E-state index contributed by atoms with van der Waals surface area (Å²) in [5, 5.41) is 4.28. The Bertz CT molecular complexity index is 696. The van der Waals surface area contributed by atoms with E-state index in [9.17, 15) is 9.59 Å². The van der Waals surface area contributed by atoms with Crippen molar-refractivity contribution in [3.05, 3.63) is 34.9 Å². The normalized spacial score (nSPS) is 23.3. The molecule has 1 spiro atoms. The quantitative estimate of drug-likeness (QED) is 0.854. The zero-order valence-corrected chi connectivity index (χ0v) is 17.4. The number of hydrogen-bond acceptors (Lipinski definition) is 3. The van der Waals surface area contributed by atoms with Crippen molar-refractivity contribution >= 4 is 23.4 Å². The monoisotopic (exact) mass is 391 g/mol. The molecule has 27 heavy (non-hydrogen) atoms. The summed E-state index contributed by atoms with van der Waals surface area (Å²) in [5.74, 6) is 0.482. The summed E-state index contributed by atoms with van der Waals surface area (Å²) in [7, 11) is 0. The molecule has 2 atom stereocenters. The lowest BCUT2D eigenvalue weighted by atomic mass is 9.93. The van der Waals surface area contributed by atoms with Gasteiger partial charge >= 0.3 is 0 Å². The first kappa shape index (κ1) is 20.2. The van der Waals surface area contributed by atoms with Crippen LogP contribution in [-0.4, -0.2) is 52.5 Å². The molecule has 2 heterocycles. The minimum atomic E-state index is -0.335. The topological polar surface area (TPSA) is 52.7 Å². The standard InChI is InChI=1S/C21H30ClN3O2/c1-5-15(4)25-20(27)18(14(2)3)23-21(25)10-12-24(13-11-21)19(26)16-6-8-17(22)9-7-16/h6-9,14-15,18,23H,5,10-13H2,1-4H3/t15-,18-/m0/s1. The number of carbonyl (C=O) groups excluding carboxylic acids is 2. The minimum Gasteiger partial charge on any atom is -0.338 e. The number of rotatable bonds is 4. The van der Waals surface area contributed by atoms with Crippen LogP contribution in [0.5, 0.6) is 0 Å². The molecule has 3 rings (SSSR count). The van der Waals surface area contributed by atoms with Crippen molar-refractivity contribution in [1.29, 1.82) is 0 Å². The highest BCUT2D eigenvalue weighted by Gasteiger charge is 2.53. The number of benzene rings is 1. The molecule has 0 bridgehead atoms. The molecule has 1 N–H and O–H groups in total. The van der Waals surface area contributed by atoms with E-state index in [0.717, 1.165) is 19.3 Å². The van der Waals surface area contributed by atoms with Gasteiger partial charge in [0.25, 0.3) is 5.91 Å². The molecule has 5 nitrogen and oxygen atoms in total. The summed E-state index contributed by atoms with van der Waals surface area (Å²) in [6, 6.07) is 7.08.